The van der Waals surface area contributed by atoms with Crippen LogP contribution in [0.15, 0.2) is 12.7 Å². The van der Waals surface area contributed by atoms with Crippen molar-refractivity contribution in [3.05, 3.63) is 12.7 Å². The fourth-order valence-corrected chi connectivity index (χ4v) is 0.886. The SMILES string of the molecule is C=CC(=O)C(C)(C)OCCC(C)(C)N. The summed E-state index contributed by atoms with van der Waals surface area (Å²) in [4.78, 5) is 11.3. The lowest BCUT2D eigenvalue weighted by atomic mass is 10.0. The Morgan fingerprint density at radius 3 is 2.29 bits per heavy atom. The van der Waals surface area contributed by atoms with Crippen molar-refractivity contribution < 1.29 is 9.53 Å². The molecular formula is C11H21NO2. The summed E-state index contributed by atoms with van der Waals surface area (Å²) in [7, 11) is 0. The van der Waals surface area contributed by atoms with Crippen molar-refractivity contribution in [2.45, 2.75) is 45.3 Å². The predicted molar refractivity (Wildman–Crippen MR) is 58.1 cm³/mol. The van der Waals surface area contributed by atoms with E-state index in [2.05, 4.69) is 6.58 Å². The van der Waals surface area contributed by atoms with Gasteiger partial charge in [-0.25, -0.2) is 0 Å². The average Bonchev–Trinajstić information content (AvgIpc) is 2.00. The minimum Gasteiger partial charge on any atom is -0.367 e. The molecule has 0 aliphatic heterocycles. The van der Waals surface area contributed by atoms with Gasteiger partial charge in [0.1, 0.15) is 5.60 Å². The molecule has 0 rings (SSSR count). The van der Waals surface area contributed by atoms with E-state index in [0.29, 0.717) is 6.61 Å². The van der Waals surface area contributed by atoms with E-state index in [1.165, 1.54) is 6.08 Å². The summed E-state index contributed by atoms with van der Waals surface area (Å²) >= 11 is 0. The monoisotopic (exact) mass is 199 g/mol. The molecule has 14 heavy (non-hydrogen) atoms. The fourth-order valence-electron chi connectivity index (χ4n) is 0.886. The van der Waals surface area contributed by atoms with Crippen LogP contribution in [0.4, 0.5) is 0 Å². The Hall–Kier alpha value is -0.670. The van der Waals surface area contributed by atoms with Crippen LogP contribution in [0.25, 0.3) is 0 Å². The van der Waals surface area contributed by atoms with Gasteiger partial charge in [0.15, 0.2) is 5.78 Å². The second-order valence-electron chi connectivity index (χ2n) is 4.67. The Balaban J connectivity index is 4.00. The van der Waals surface area contributed by atoms with Gasteiger partial charge in [0.05, 0.1) is 0 Å². The standard InChI is InChI=1S/C11H21NO2/c1-6-9(13)11(4,5)14-8-7-10(2,3)12/h6H,1,7-8,12H2,2-5H3. The van der Waals surface area contributed by atoms with Crippen LogP contribution >= 0.6 is 0 Å². The van der Waals surface area contributed by atoms with Crippen molar-refractivity contribution in [1.82, 2.24) is 0 Å². The van der Waals surface area contributed by atoms with Crippen LogP contribution in [0.1, 0.15) is 34.1 Å². The first-order chi connectivity index (χ1) is 6.19. The predicted octanol–water partition coefficient (Wildman–Crippen LogP) is 1.66. The van der Waals surface area contributed by atoms with Crippen molar-refractivity contribution in [3.8, 4) is 0 Å². The molecule has 2 N–H and O–H groups in total. The zero-order valence-electron chi connectivity index (χ0n) is 9.59. The molecule has 0 aliphatic carbocycles. The van der Waals surface area contributed by atoms with E-state index < -0.39 is 5.60 Å². The van der Waals surface area contributed by atoms with Gasteiger partial charge in [0.2, 0.25) is 0 Å². The maximum Gasteiger partial charge on any atom is 0.186 e. The van der Waals surface area contributed by atoms with Gasteiger partial charge < -0.3 is 10.5 Å². The summed E-state index contributed by atoms with van der Waals surface area (Å²) in [5, 5.41) is 0. The quantitative estimate of drug-likeness (QED) is 0.662. The Bertz CT molecular complexity index is 214. The van der Waals surface area contributed by atoms with E-state index in [1.54, 1.807) is 13.8 Å². The highest BCUT2D eigenvalue weighted by molar-refractivity contribution is 5.95. The maximum absolute atomic E-state index is 11.3. The normalized spacial score (nSPS) is 12.6. The Kier molecular flexibility index (Phi) is 4.49. The molecular weight excluding hydrogens is 178 g/mol. The van der Waals surface area contributed by atoms with Crippen LogP contribution in [0.2, 0.25) is 0 Å². The number of hydrogen-bond donors (Lipinski definition) is 1. The minimum atomic E-state index is -0.785. The number of nitrogens with two attached hydrogens (primary N) is 1. The van der Waals surface area contributed by atoms with Gasteiger partial charge in [-0.2, -0.15) is 0 Å². The molecule has 0 spiro atoms. The van der Waals surface area contributed by atoms with Crippen LogP contribution in [-0.2, 0) is 9.53 Å². The molecule has 0 saturated carbocycles. The van der Waals surface area contributed by atoms with Crippen molar-refractivity contribution in [2.75, 3.05) is 6.61 Å². The highest BCUT2D eigenvalue weighted by Gasteiger charge is 2.26. The van der Waals surface area contributed by atoms with E-state index in [0.717, 1.165) is 6.42 Å². The van der Waals surface area contributed by atoms with Crippen LogP contribution in [0.5, 0.6) is 0 Å². The van der Waals surface area contributed by atoms with E-state index in [-0.39, 0.29) is 11.3 Å². The molecule has 0 aromatic rings. The van der Waals surface area contributed by atoms with Gasteiger partial charge in [-0.05, 0) is 40.2 Å². The lowest BCUT2D eigenvalue weighted by Crippen LogP contribution is -2.38. The highest BCUT2D eigenvalue weighted by atomic mass is 16.5. The van der Waals surface area contributed by atoms with Gasteiger partial charge in [0, 0.05) is 12.1 Å². The van der Waals surface area contributed by atoms with Crippen LogP contribution in [0.3, 0.4) is 0 Å². The van der Waals surface area contributed by atoms with E-state index >= 15 is 0 Å². The Morgan fingerprint density at radius 1 is 1.43 bits per heavy atom. The molecule has 3 nitrogen and oxygen atoms in total. The van der Waals surface area contributed by atoms with Crippen molar-refractivity contribution in [2.24, 2.45) is 5.73 Å². The number of carbonyl (C=O) groups is 1. The van der Waals surface area contributed by atoms with E-state index in [4.69, 9.17) is 10.5 Å². The third kappa shape index (κ3) is 5.14. The van der Waals surface area contributed by atoms with E-state index in [1.807, 2.05) is 13.8 Å². The highest BCUT2D eigenvalue weighted by Crippen LogP contribution is 2.13. The molecule has 0 amide bonds. The van der Waals surface area contributed by atoms with Gasteiger partial charge in [-0.1, -0.05) is 6.58 Å². The van der Waals surface area contributed by atoms with Crippen LogP contribution in [-0.4, -0.2) is 23.5 Å². The first-order valence-electron chi connectivity index (χ1n) is 4.79. The number of carbonyl (C=O) groups excluding carboxylic acids is 1. The lowest BCUT2D eigenvalue weighted by molar-refractivity contribution is -0.135. The summed E-state index contributed by atoms with van der Waals surface area (Å²) in [5.41, 5.74) is 4.75. The molecule has 0 aromatic carbocycles. The average molecular weight is 199 g/mol. The van der Waals surface area contributed by atoms with Gasteiger partial charge >= 0.3 is 0 Å². The summed E-state index contributed by atoms with van der Waals surface area (Å²) in [6, 6.07) is 0. The molecule has 0 heterocycles. The van der Waals surface area contributed by atoms with Crippen LogP contribution < -0.4 is 5.73 Å². The minimum absolute atomic E-state index is 0.104. The molecule has 3 heteroatoms. The molecule has 0 bridgehead atoms. The number of hydrogen-bond acceptors (Lipinski definition) is 3. The lowest BCUT2D eigenvalue weighted by Gasteiger charge is -2.25. The fraction of sp³-hybridized carbons (Fsp3) is 0.727. The molecule has 0 atom stereocenters. The molecule has 0 aliphatic rings. The molecule has 0 aromatic heterocycles. The van der Waals surface area contributed by atoms with Gasteiger partial charge in [-0.15, -0.1) is 0 Å². The molecule has 0 radical (unpaired) electrons. The summed E-state index contributed by atoms with van der Waals surface area (Å²) < 4.78 is 5.46. The summed E-state index contributed by atoms with van der Waals surface area (Å²) in [6.07, 6.45) is 2.01. The zero-order valence-corrected chi connectivity index (χ0v) is 9.59. The first kappa shape index (κ1) is 13.3. The molecule has 0 saturated heterocycles. The second kappa shape index (κ2) is 4.71. The Labute approximate surface area is 86.3 Å². The van der Waals surface area contributed by atoms with Crippen molar-refractivity contribution in [3.63, 3.8) is 0 Å². The largest absolute Gasteiger partial charge is 0.367 e. The molecule has 82 valence electrons. The van der Waals surface area contributed by atoms with Gasteiger partial charge in [-0.3, -0.25) is 4.79 Å². The summed E-state index contributed by atoms with van der Waals surface area (Å²) in [5.74, 6) is -0.104. The topological polar surface area (TPSA) is 52.3 Å². The van der Waals surface area contributed by atoms with Crippen molar-refractivity contribution in [1.29, 1.82) is 0 Å². The second-order valence-corrected chi connectivity index (χ2v) is 4.67. The van der Waals surface area contributed by atoms with Crippen molar-refractivity contribution >= 4 is 5.78 Å². The zero-order chi connectivity index (χ0) is 11.4. The number of ketones is 1. The number of ether oxygens (including phenoxy) is 1. The molecule has 0 fully saturated rings. The first-order valence-corrected chi connectivity index (χ1v) is 4.79. The molecule has 0 unspecified atom stereocenters. The van der Waals surface area contributed by atoms with Crippen LogP contribution in [0, 0.1) is 0 Å². The number of rotatable bonds is 6. The summed E-state index contributed by atoms with van der Waals surface area (Å²) in [6.45, 7) is 11.2. The van der Waals surface area contributed by atoms with Gasteiger partial charge in [0.25, 0.3) is 0 Å². The van der Waals surface area contributed by atoms with E-state index in [9.17, 15) is 4.79 Å². The maximum atomic E-state index is 11.3. The smallest absolute Gasteiger partial charge is 0.186 e. The third-order valence-corrected chi connectivity index (χ3v) is 1.99. The Morgan fingerprint density at radius 2 is 1.93 bits per heavy atom. The third-order valence-electron chi connectivity index (χ3n) is 1.99.